The first-order valence-electron chi connectivity index (χ1n) is 5.00. The minimum Gasteiger partial charge on any atom is -0.454 e. The highest BCUT2D eigenvalue weighted by atomic mass is 16.7. The van der Waals surface area contributed by atoms with Crippen molar-refractivity contribution in [3.63, 3.8) is 0 Å². The van der Waals surface area contributed by atoms with E-state index >= 15 is 0 Å². The van der Waals surface area contributed by atoms with Crippen LogP contribution in [-0.4, -0.2) is 6.79 Å². The first-order chi connectivity index (χ1) is 7.85. The number of hydrogen-bond acceptors (Lipinski definition) is 4. The van der Waals surface area contributed by atoms with Gasteiger partial charge in [0.1, 0.15) is 0 Å². The molecule has 1 aromatic carbocycles. The molecular formula is C12H10N2O2. The van der Waals surface area contributed by atoms with E-state index in [4.69, 9.17) is 20.0 Å². The van der Waals surface area contributed by atoms with E-state index in [1.165, 1.54) is 0 Å². The summed E-state index contributed by atoms with van der Waals surface area (Å²) in [5, 5.41) is 17.3. The summed E-state index contributed by atoms with van der Waals surface area (Å²) in [6, 6.07) is 7.91. The van der Waals surface area contributed by atoms with Crippen LogP contribution in [0.15, 0.2) is 12.1 Å². The summed E-state index contributed by atoms with van der Waals surface area (Å²) in [6.45, 7) is 0.225. The summed E-state index contributed by atoms with van der Waals surface area (Å²) in [5.41, 5.74) is 1.91. The maximum atomic E-state index is 8.73. The zero-order valence-corrected chi connectivity index (χ0v) is 8.69. The number of rotatable bonds is 3. The summed E-state index contributed by atoms with van der Waals surface area (Å²) in [6.07, 6.45) is 1.42. The van der Waals surface area contributed by atoms with Gasteiger partial charge in [-0.15, -0.1) is 0 Å². The highest BCUT2D eigenvalue weighted by molar-refractivity contribution is 5.49. The molecule has 4 nitrogen and oxygen atoms in total. The normalized spacial score (nSPS) is 11.9. The Bertz CT molecular complexity index is 483. The van der Waals surface area contributed by atoms with Gasteiger partial charge in [-0.05, 0) is 29.7 Å². The average Bonchev–Trinajstić information content (AvgIpc) is 2.73. The van der Waals surface area contributed by atoms with Crippen molar-refractivity contribution in [3.8, 4) is 23.6 Å². The molecule has 0 N–H and O–H groups in total. The standard InChI is InChI=1S/C12H10N2O2/c13-4-1-2-9-6-11-12(16-8-15-11)7-10(9)3-5-14/h6-7H,1-3,8H2. The molecule has 0 aliphatic carbocycles. The molecule has 0 amide bonds. The molecule has 0 spiro atoms. The molecular weight excluding hydrogens is 204 g/mol. The maximum Gasteiger partial charge on any atom is 0.231 e. The Morgan fingerprint density at radius 3 is 2.38 bits per heavy atom. The third-order valence-electron chi connectivity index (χ3n) is 2.47. The molecule has 0 unspecified atom stereocenters. The lowest BCUT2D eigenvalue weighted by molar-refractivity contribution is 0.174. The van der Waals surface area contributed by atoms with Gasteiger partial charge in [0.05, 0.1) is 18.6 Å². The van der Waals surface area contributed by atoms with Gasteiger partial charge in [0.15, 0.2) is 11.5 Å². The van der Waals surface area contributed by atoms with Crippen molar-refractivity contribution < 1.29 is 9.47 Å². The molecule has 1 aliphatic rings. The molecule has 0 aromatic heterocycles. The molecule has 0 atom stereocenters. The predicted molar refractivity (Wildman–Crippen MR) is 55.8 cm³/mol. The summed E-state index contributed by atoms with van der Waals surface area (Å²) >= 11 is 0. The molecule has 0 bridgehead atoms. The quantitative estimate of drug-likeness (QED) is 0.771. The second-order valence-electron chi connectivity index (χ2n) is 3.47. The van der Waals surface area contributed by atoms with Crippen LogP contribution < -0.4 is 9.47 Å². The van der Waals surface area contributed by atoms with E-state index in [2.05, 4.69) is 12.1 Å². The largest absolute Gasteiger partial charge is 0.454 e. The lowest BCUT2D eigenvalue weighted by Gasteiger charge is -2.06. The van der Waals surface area contributed by atoms with E-state index in [0.29, 0.717) is 30.8 Å². The molecule has 16 heavy (non-hydrogen) atoms. The molecule has 1 aromatic rings. The van der Waals surface area contributed by atoms with Crippen molar-refractivity contribution >= 4 is 0 Å². The Kier molecular flexibility index (Phi) is 2.93. The van der Waals surface area contributed by atoms with Gasteiger partial charge in [-0.25, -0.2) is 0 Å². The van der Waals surface area contributed by atoms with Crippen LogP contribution >= 0.6 is 0 Å². The summed E-state index contributed by atoms with van der Waals surface area (Å²) in [7, 11) is 0. The van der Waals surface area contributed by atoms with Gasteiger partial charge in [-0.1, -0.05) is 0 Å². The SMILES string of the molecule is N#CCCc1cc2c(cc1CC#N)OCO2. The zero-order chi connectivity index (χ0) is 11.4. The van der Waals surface area contributed by atoms with Crippen LogP contribution in [0.5, 0.6) is 11.5 Å². The van der Waals surface area contributed by atoms with Gasteiger partial charge in [0, 0.05) is 6.42 Å². The smallest absolute Gasteiger partial charge is 0.231 e. The third-order valence-corrected chi connectivity index (χ3v) is 2.47. The monoisotopic (exact) mass is 214 g/mol. The number of hydrogen-bond donors (Lipinski definition) is 0. The number of benzene rings is 1. The van der Waals surface area contributed by atoms with Crippen molar-refractivity contribution in [1.29, 1.82) is 10.5 Å². The lowest BCUT2D eigenvalue weighted by atomic mass is 10.00. The molecule has 0 saturated heterocycles. The van der Waals surface area contributed by atoms with Crippen molar-refractivity contribution in [2.75, 3.05) is 6.79 Å². The Labute approximate surface area is 93.6 Å². The Morgan fingerprint density at radius 2 is 1.75 bits per heavy atom. The second kappa shape index (κ2) is 4.55. The molecule has 1 aliphatic heterocycles. The molecule has 80 valence electrons. The minimum absolute atomic E-state index is 0.225. The molecule has 2 rings (SSSR count). The van der Waals surface area contributed by atoms with Gasteiger partial charge in [0.2, 0.25) is 6.79 Å². The van der Waals surface area contributed by atoms with E-state index in [-0.39, 0.29) is 6.79 Å². The summed E-state index contributed by atoms with van der Waals surface area (Å²) in [4.78, 5) is 0. The van der Waals surface area contributed by atoms with E-state index in [9.17, 15) is 0 Å². The van der Waals surface area contributed by atoms with E-state index in [0.717, 1.165) is 11.1 Å². The van der Waals surface area contributed by atoms with Crippen molar-refractivity contribution in [2.45, 2.75) is 19.3 Å². The first-order valence-corrected chi connectivity index (χ1v) is 5.00. The van der Waals surface area contributed by atoms with Crippen LogP contribution in [-0.2, 0) is 12.8 Å². The first kappa shape index (κ1) is 10.3. The fourth-order valence-corrected chi connectivity index (χ4v) is 1.70. The third kappa shape index (κ3) is 1.92. The van der Waals surface area contributed by atoms with Crippen molar-refractivity contribution in [1.82, 2.24) is 0 Å². The number of aryl methyl sites for hydroxylation is 1. The molecule has 1 heterocycles. The number of nitrogens with zero attached hydrogens (tertiary/aromatic N) is 2. The number of nitriles is 2. The van der Waals surface area contributed by atoms with Crippen LogP contribution in [0.1, 0.15) is 17.5 Å². The Morgan fingerprint density at radius 1 is 1.06 bits per heavy atom. The van der Waals surface area contributed by atoms with Crippen LogP contribution in [0.3, 0.4) is 0 Å². The Hall–Kier alpha value is -2.20. The van der Waals surface area contributed by atoms with Gasteiger partial charge in [-0.2, -0.15) is 10.5 Å². The highest BCUT2D eigenvalue weighted by Crippen LogP contribution is 2.35. The van der Waals surface area contributed by atoms with Gasteiger partial charge < -0.3 is 9.47 Å². The fourth-order valence-electron chi connectivity index (χ4n) is 1.70. The van der Waals surface area contributed by atoms with Gasteiger partial charge in [0.25, 0.3) is 0 Å². The summed E-state index contributed by atoms with van der Waals surface area (Å²) < 4.78 is 10.5. The van der Waals surface area contributed by atoms with Crippen LogP contribution in [0.25, 0.3) is 0 Å². The van der Waals surface area contributed by atoms with E-state index in [1.807, 2.05) is 12.1 Å². The average molecular weight is 214 g/mol. The van der Waals surface area contributed by atoms with Crippen molar-refractivity contribution in [3.05, 3.63) is 23.3 Å². The van der Waals surface area contributed by atoms with Crippen LogP contribution in [0, 0.1) is 22.7 Å². The molecule has 0 radical (unpaired) electrons. The van der Waals surface area contributed by atoms with Gasteiger partial charge >= 0.3 is 0 Å². The Balaban J connectivity index is 2.34. The van der Waals surface area contributed by atoms with E-state index in [1.54, 1.807) is 0 Å². The van der Waals surface area contributed by atoms with Gasteiger partial charge in [-0.3, -0.25) is 0 Å². The molecule has 0 saturated carbocycles. The van der Waals surface area contributed by atoms with Crippen LogP contribution in [0.2, 0.25) is 0 Å². The lowest BCUT2D eigenvalue weighted by Crippen LogP contribution is -1.93. The minimum atomic E-state index is 0.225. The second-order valence-corrected chi connectivity index (χ2v) is 3.47. The highest BCUT2D eigenvalue weighted by Gasteiger charge is 2.16. The topological polar surface area (TPSA) is 66.0 Å². The zero-order valence-electron chi connectivity index (χ0n) is 8.69. The molecule has 4 heteroatoms. The number of ether oxygens (including phenoxy) is 2. The maximum absolute atomic E-state index is 8.73. The summed E-state index contributed by atoms with van der Waals surface area (Å²) in [5.74, 6) is 1.39. The van der Waals surface area contributed by atoms with Crippen LogP contribution in [0.4, 0.5) is 0 Å². The van der Waals surface area contributed by atoms with E-state index < -0.39 is 0 Å². The van der Waals surface area contributed by atoms with Crippen molar-refractivity contribution in [2.24, 2.45) is 0 Å². The molecule has 0 fully saturated rings. The predicted octanol–water partition coefficient (Wildman–Crippen LogP) is 1.94. The number of fused-ring (bicyclic) bond motifs is 1. The fraction of sp³-hybridized carbons (Fsp3) is 0.333.